The highest BCUT2D eigenvalue weighted by Crippen LogP contribution is 2.29. The van der Waals surface area contributed by atoms with Crippen molar-refractivity contribution in [3.63, 3.8) is 0 Å². The van der Waals surface area contributed by atoms with Gasteiger partial charge in [0.1, 0.15) is 0 Å². The summed E-state index contributed by atoms with van der Waals surface area (Å²) >= 11 is 13.5. The van der Waals surface area contributed by atoms with Crippen LogP contribution in [0.5, 0.6) is 0 Å². The Morgan fingerprint density at radius 2 is 1.57 bits per heavy atom. The number of aromatic nitrogens is 3. The largest absolute Gasteiger partial charge is 0.270 e. The topological polar surface area (TPSA) is 30.7 Å². The van der Waals surface area contributed by atoms with Crippen molar-refractivity contribution in [2.24, 2.45) is 0 Å². The molecule has 0 saturated heterocycles. The minimum absolute atomic E-state index is 0.688. The molecule has 0 atom stereocenters. The summed E-state index contributed by atoms with van der Waals surface area (Å²) in [5.41, 5.74) is 1.90. The lowest BCUT2D eigenvalue weighted by Gasteiger charge is -2.10. The Morgan fingerprint density at radius 3 is 2.17 bits per heavy atom. The lowest BCUT2D eigenvalue weighted by molar-refractivity contribution is 0.888. The molecule has 3 aromatic rings. The van der Waals surface area contributed by atoms with E-state index in [9.17, 15) is 0 Å². The van der Waals surface area contributed by atoms with Crippen molar-refractivity contribution in [2.45, 2.75) is 5.16 Å². The summed E-state index contributed by atoms with van der Waals surface area (Å²) in [6, 6.07) is 15.1. The number of hydrogen-bond acceptors (Lipinski definition) is 3. The van der Waals surface area contributed by atoms with Crippen LogP contribution >= 0.6 is 35.0 Å². The molecule has 0 amide bonds. The first-order valence-corrected chi connectivity index (χ1v) is 8.64. The third-order valence-electron chi connectivity index (χ3n) is 3.15. The van der Waals surface area contributed by atoms with Gasteiger partial charge in [0, 0.05) is 27.0 Å². The van der Waals surface area contributed by atoms with Gasteiger partial charge in [0.15, 0.2) is 11.0 Å². The maximum Gasteiger partial charge on any atom is 0.196 e. The van der Waals surface area contributed by atoms with E-state index in [1.165, 1.54) is 0 Å². The zero-order chi connectivity index (χ0) is 16.2. The van der Waals surface area contributed by atoms with Crippen LogP contribution in [0.2, 0.25) is 10.0 Å². The van der Waals surface area contributed by atoms with E-state index in [-0.39, 0.29) is 0 Å². The van der Waals surface area contributed by atoms with Gasteiger partial charge in [0.05, 0.1) is 0 Å². The first-order valence-electron chi connectivity index (χ1n) is 6.90. The Balaban J connectivity index is 2.12. The molecule has 0 spiro atoms. The molecule has 23 heavy (non-hydrogen) atoms. The number of thioether (sulfide) groups is 1. The Kier molecular flexibility index (Phi) is 5.06. The summed E-state index contributed by atoms with van der Waals surface area (Å²) in [6.07, 6.45) is 1.84. The molecule has 3 rings (SSSR count). The van der Waals surface area contributed by atoms with E-state index < -0.39 is 0 Å². The van der Waals surface area contributed by atoms with E-state index in [4.69, 9.17) is 23.2 Å². The fourth-order valence-corrected chi connectivity index (χ4v) is 3.04. The molecule has 1 aromatic heterocycles. The van der Waals surface area contributed by atoms with E-state index in [1.807, 2.05) is 59.2 Å². The number of nitrogens with zero attached hydrogens (tertiary/aromatic N) is 3. The molecule has 6 heteroatoms. The van der Waals surface area contributed by atoms with Gasteiger partial charge in [0.25, 0.3) is 0 Å². The molecule has 0 aliphatic rings. The quantitative estimate of drug-likeness (QED) is 0.442. The molecular formula is C17H13Cl2N3S. The molecule has 0 aliphatic carbocycles. The van der Waals surface area contributed by atoms with Crippen LogP contribution in [-0.2, 0) is 0 Å². The summed E-state index contributed by atoms with van der Waals surface area (Å²) in [6.45, 7) is 3.75. The Hall–Kier alpha value is -1.75. The maximum atomic E-state index is 6.00. The van der Waals surface area contributed by atoms with Gasteiger partial charge in [-0.3, -0.25) is 4.57 Å². The van der Waals surface area contributed by atoms with Gasteiger partial charge in [0.2, 0.25) is 0 Å². The predicted octanol–water partition coefficient (Wildman–Crippen LogP) is 5.52. The van der Waals surface area contributed by atoms with Crippen molar-refractivity contribution in [2.75, 3.05) is 5.75 Å². The molecule has 1 heterocycles. The molecule has 0 N–H and O–H groups in total. The first-order chi connectivity index (χ1) is 11.2. The van der Waals surface area contributed by atoms with Crippen LogP contribution in [0.1, 0.15) is 0 Å². The molecule has 0 fully saturated rings. The van der Waals surface area contributed by atoms with Gasteiger partial charge >= 0.3 is 0 Å². The molecule has 2 aromatic carbocycles. The zero-order valence-corrected chi connectivity index (χ0v) is 14.4. The van der Waals surface area contributed by atoms with E-state index >= 15 is 0 Å². The second-order valence-corrected chi connectivity index (χ2v) is 6.58. The van der Waals surface area contributed by atoms with Gasteiger partial charge in [-0.1, -0.05) is 41.0 Å². The maximum absolute atomic E-state index is 6.00. The van der Waals surface area contributed by atoms with Gasteiger partial charge < -0.3 is 0 Å². The zero-order valence-electron chi connectivity index (χ0n) is 12.1. The summed E-state index contributed by atoms with van der Waals surface area (Å²) < 4.78 is 2.01. The van der Waals surface area contributed by atoms with Crippen LogP contribution in [0.3, 0.4) is 0 Å². The van der Waals surface area contributed by atoms with Crippen molar-refractivity contribution in [3.8, 4) is 17.1 Å². The predicted molar refractivity (Wildman–Crippen MR) is 97.7 cm³/mol. The molecule has 0 bridgehead atoms. The third-order valence-corrected chi connectivity index (χ3v) is 4.58. The minimum Gasteiger partial charge on any atom is -0.270 e. The van der Waals surface area contributed by atoms with Crippen LogP contribution in [-0.4, -0.2) is 20.5 Å². The third kappa shape index (κ3) is 3.61. The lowest BCUT2D eigenvalue weighted by Crippen LogP contribution is -1.99. The highest BCUT2D eigenvalue weighted by molar-refractivity contribution is 7.99. The van der Waals surface area contributed by atoms with E-state index in [0.29, 0.717) is 10.0 Å². The van der Waals surface area contributed by atoms with Gasteiger partial charge in [-0.05, 0) is 48.5 Å². The molecule has 3 nitrogen and oxygen atoms in total. The molecule has 0 radical (unpaired) electrons. The molecule has 0 aliphatic heterocycles. The number of benzene rings is 2. The summed E-state index contributed by atoms with van der Waals surface area (Å²) in [5.74, 6) is 1.52. The number of hydrogen-bond donors (Lipinski definition) is 0. The molecular weight excluding hydrogens is 349 g/mol. The summed E-state index contributed by atoms with van der Waals surface area (Å²) in [7, 11) is 0. The van der Waals surface area contributed by atoms with Crippen LogP contribution < -0.4 is 0 Å². The summed E-state index contributed by atoms with van der Waals surface area (Å²) in [5, 5.41) is 10.8. The van der Waals surface area contributed by atoms with Crippen molar-refractivity contribution < 1.29 is 0 Å². The van der Waals surface area contributed by atoms with Gasteiger partial charge in [-0.15, -0.1) is 16.8 Å². The van der Waals surface area contributed by atoms with Crippen LogP contribution in [0.4, 0.5) is 0 Å². The Labute approximate surface area is 149 Å². The SMILES string of the molecule is C=CCSc1nnc(-c2ccc(Cl)cc2)n1-c1ccc(Cl)cc1. The molecule has 0 saturated carbocycles. The fourth-order valence-electron chi connectivity index (χ4n) is 2.11. The van der Waals surface area contributed by atoms with Crippen LogP contribution in [0.15, 0.2) is 66.3 Å². The average Bonchev–Trinajstić information content (AvgIpc) is 2.98. The van der Waals surface area contributed by atoms with Gasteiger partial charge in [-0.25, -0.2) is 0 Å². The van der Waals surface area contributed by atoms with E-state index in [2.05, 4.69) is 16.8 Å². The highest BCUT2D eigenvalue weighted by atomic mass is 35.5. The standard InChI is InChI=1S/C17H13Cl2N3S/c1-2-11-23-17-21-20-16(12-3-5-13(18)6-4-12)22(17)15-9-7-14(19)8-10-15/h2-10H,1,11H2. The lowest BCUT2D eigenvalue weighted by atomic mass is 10.2. The van der Waals surface area contributed by atoms with Crippen molar-refractivity contribution >= 4 is 35.0 Å². The Morgan fingerprint density at radius 1 is 0.957 bits per heavy atom. The van der Waals surface area contributed by atoms with E-state index in [1.54, 1.807) is 11.8 Å². The van der Waals surface area contributed by atoms with Crippen LogP contribution in [0.25, 0.3) is 17.1 Å². The van der Waals surface area contributed by atoms with Crippen molar-refractivity contribution in [1.29, 1.82) is 0 Å². The van der Waals surface area contributed by atoms with Crippen molar-refractivity contribution in [3.05, 3.63) is 71.2 Å². The fraction of sp³-hybridized carbons (Fsp3) is 0.0588. The number of rotatable bonds is 5. The second kappa shape index (κ2) is 7.21. The smallest absolute Gasteiger partial charge is 0.196 e. The first kappa shape index (κ1) is 16.1. The normalized spacial score (nSPS) is 10.7. The highest BCUT2D eigenvalue weighted by Gasteiger charge is 2.15. The Bertz CT molecular complexity index is 811. The minimum atomic E-state index is 0.688. The van der Waals surface area contributed by atoms with E-state index in [0.717, 1.165) is 28.0 Å². The molecule has 116 valence electrons. The average molecular weight is 362 g/mol. The second-order valence-electron chi connectivity index (χ2n) is 4.72. The molecule has 0 unspecified atom stereocenters. The van der Waals surface area contributed by atoms with Gasteiger partial charge in [-0.2, -0.15) is 0 Å². The summed E-state index contributed by atoms with van der Waals surface area (Å²) in [4.78, 5) is 0. The number of halogens is 2. The monoisotopic (exact) mass is 361 g/mol. The van der Waals surface area contributed by atoms with Crippen LogP contribution in [0, 0.1) is 0 Å². The van der Waals surface area contributed by atoms with Crippen molar-refractivity contribution in [1.82, 2.24) is 14.8 Å².